The summed E-state index contributed by atoms with van der Waals surface area (Å²) in [6.07, 6.45) is 1.09. The van der Waals surface area contributed by atoms with Gasteiger partial charge in [0.15, 0.2) is 0 Å². The van der Waals surface area contributed by atoms with Crippen molar-refractivity contribution in [2.45, 2.75) is 34.1 Å². The topological polar surface area (TPSA) is 37.8 Å². The summed E-state index contributed by atoms with van der Waals surface area (Å²) in [5.74, 6) is 1.71. The molecule has 0 saturated heterocycles. The highest BCUT2D eigenvalue weighted by molar-refractivity contribution is 5.64. The number of rotatable bonds is 4. The molecular weight excluding hydrogens is 234 g/mol. The molecule has 0 aliphatic rings. The molecule has 19 heavy (non-hydrogen) atoms. The number of benzene rings is 1. The minimum Gasteiger partial charge on any atom is -0.370 e. The number of hydrogen-bond acceptors (Lipinski definition) is 3. The van der Waals surface area contributed by atoms with E-state index in [4.69, 9.17) is 0 Å². The fraction of sp³-hybridized carbons (Fsp3) is 0.375. The van der Waals surface area contributed by atoms with Crippen LogP contribution in [0.4, 0.5) is 5.82 Å². The fourth-order valence-electron chi connectivity index (χ4n) is 2.18. The molecule has 2 rings (SSSR count). The SMILES string of the molecule is CCCNc1cc(-c2cc(C)cc(C)c2)nc(C)n1. The highest BCUT2D eigenvalue weighted by Gasteiger charge is 2.05. The zero-order valence-corrected chi connectivity index (χ0v) is 12.1. The molecule has 100 valence electrons. The van der Waals surface area contributed by atoms with E-state index < -0.39 is 0 Å². The zero-order chi connectivity index (χ0) is 13.8. The van der Waals surface area contributed by atoms with Crippen molar-refractivity contribution in [2.24, 2.45) is 0 Å². The summed E-state index contributed by atoms with van der Waals surface area (Å²) < 4.78 is 0. The van der Waals surface area contributed by atoms with E-state index >= 15 is 0 Å². The number of anilines is 1. The van der Waals surface area contributed by atoms with Gasteiger partial charge in [-0.1, -0.05) is 24.1 Å². The summed E-state index contributed by atoms with van der Waals surface area (Å²) in [4.78, 5) is 8.96. The van der Waals surface area contributed by atoms with Crippen LogP contribution >= 0.6 is 0 Å². The van der Waals surface area contributed by atoms with Crippen LogP contribution in [0.15, 0.2) is 24.3 Å². The fourth-order valence-corrected chi connectivity index (χ4v) is 2.18. The number of aromatic nitrogens is 2. The second-order valence-corrected chi connectivity index (χ2v) is 4.99. The van der Waals surface area contributed by atoms with Crippen molar-refractivity contribution in [1.82, 2.24) is 9.97 Å². The number of aryl methyl sites for hydroxylation is 3. The van der Waals surface area contributed by atoms with Gasteiger partial charge in [-0.15, -0.1) is 0 Å². The lowest BCUT2D eigenvalue weighted by Gasteiger charge is -2.09. The molecule has 1 heterocycles. The third kappa shape index (κ3) is 3.53. The van der Waals surface area contributed by atoms with Gasteiger partial charge in [-0.3, -0.25) is 0 Å². The lowest BCUT2D eigenvalue weighted by atomic mass is 10.0. The third-order valence-electron chi connectivity index (χ3n) is 2.91. The molecule has 3 heteroatoms. The molecule has 3 nitrogen and oxygen atoms in total. The van der Waals surface area contributed by atoms with Crippen LogP contribution in [0.5, 0.6) is 0 Å². The van der Waals surface area contributed by atoms with Gasteiger partial charge in [-0.2, -0.15) is 0 Å². The smallest absolute Gasteiger partial charge is 0.130 e. The van der Waals surface area contributed by atoms with Crippen LogP contribution in [-0.4, -0.2) is 16.5 Å². The van der Waals surface area contributed by atoms with E-state index in [2.05, 4.69) is 54.3 Å². The molecule has 0 unspecified atom stereocenters. The molecule has 0 aliphatic heterocycles. The van der Waals surface area contributed by atoms with Crippen LogP contribution < -0.4 is 5.32 Å². The average Bonchev–Trinajstić information content (AvgIpc) is 2.34. The minimum absolute atomic E-state index is 0.801. The first-order valence-corrected chi connectivity index (χ1v) is 6.76. The molecule has 0 amide bonds. The number of nitrogens with one attached hydrogen (secondary N) is 1. The largest absolute Gasteiger partial charge is 0.370 e. The highest BCUT2D eigenvalue weighted by atomic mass is 15.0. The van der Waals surface area contributed by atoms with Gasteiger partial charge in [0.2, 0.25) is 0 Å². The van der Waals surface area contributed by atoms with Gasteiger partial charge in [-0.05, 0) is 39.3 Å². The molecule has 1 N–H and O–H groups in total. The Labute approximate surface area is 115 Å². The summed E-state index contributed by atoms with van der Waals surface area (Å²) in [6, 6.07) is 8.53. The first-order valence-electron chi connectivity index (χ1n) is 6.76. The van der Waals surface area contributed by atoms with E-state index in [0.717, 1.165) is 35.9 Å². The Balaban J connectivity index is 2.40. The Morgan fingerprint density at radius 2 is 1.63 bits per heavy atom. The standard InChI is InChI=1S/C16H21N3/c1-5-6-17-16-10-15(18-13(4)19-16)14-8-11(2)7-12(3)9-14/h7-10H,5-6H2,1-4H3,(H,17,18,19). The Morgan fingerprint density at radius 1 is 0.947 bits per heavy atom. The van der Waals surface area contributed by atoms with Crippen LogP contribution in [0.3, 0.4) is 0 Å². The third-order valence-corrected chi connectivity index (χ3v) is 2.91. The van der Waals surface area contributed by atoms with Gasteiger partial charge in [0.25, 0.3) is 0 Å². The van der Waals surface area contributed by atoms with Crippen LogP contribution in [0.2, 0.25) is 0 Å². The lowest BCUT2D eigenvalue weighted by Crippen LogP contribution is -2.04. The van der Waals surface area contributed by atoms with Crippen LogP contribution in [0.1, 0.15) is 30.3 Å². The molecule has 0 saturated carbocycles. The Bertz CT molecular complexity index is 556. The number of nitrogens with zero attached hydrogens (tertiary/aromatic N) is 2. The zero-order valence-electron chi connectivity index (χ0n) is 12.1. The number of hydrogen-bond donors (Lipinski definition) is 1. The maximum absolute atomic E-state index is 4.54. The Morgan fingerprint density at radius 3 is 2.26 bits per heavy atom. The highest BCUT2D eigenvalue weighted by Crippen LogP contribution is 2.22. The van der Waals surface area contributed by atoms with Crippen molar-refractivity contribution in [2.75, 3.05) is 11.9 Å². The van der Waals surface area contributed by atoms with Gasteiger partial charge < -0.3 is 5.32 Å². The van der Waals surface area contributed by atoms with E-state index in [9.17, 15) is 0 Å². The van der Waals surface area contributed by atoms with E-state index in [1.807, 2.05) is 13.0 Å². The van der Waals surface area contributed by atoms with Crippen molar-refractivity contribution in [3.8, 4) is 11.3 Å². The second kappa shape index (κ2) is 5.83. The van der Waals surface area contributed by atoms with Crippen LogP contribution in [0.25, 0.3) is 11.3 Å². The molecule has 0 radical (unpaired) electrons. The molecular formula is C16H21N3. The molecule has 0 aliphatic carbocycles. The summed E-state index contributed by atoms with van der Waals surface area (Å²) in [5.41, 5.74) is 4.66. The first-order chi connectivity index (χ1) is 9.08. The molecule has 1 aromatic carbocycles. The van der Waals surface area contributed by atoms with Gasteiger partial charge in [0.1, 0.15) is 11.6 Å². The second-order valence-electron chi connectivity index (χ2n) is 4.99. The summed E-state index contributed by atoms with van der Waals surface area (Å²) in [5, 5.41) is 3.32. The minimum atomic E-state index is 0.801. The van der Waals surface area contributed by atoms with E-state index in [1.54, 1.807) is 0 Å². The van der Waals surface area contributed by atoms with Gasteiger partial charge in [0.05, 0.1) is 5.69 Å². The molecule has 1 aromatic heterocycles. The maximum Gasteiger partial charge on any atom is 0.130 e. The Hall–Kier alpha value is -1.90. The van der Waals surface area contributed by atoms with E-state index in [0.29, 0.717) is 0 Å². The normalized spacial score (nSPS) is 10.5. The predicted molar refractivity (Wildman–Crippen MR) is 80.5 cm³/mol. The summed E-state index contributed by atoms with van der Waals surface area (Å²) in [7, 11) is 0. The van der Waals surface area contributed by atoms with Gasteiger partial charge in [0, 0.05) is 18.2 Å². The van der Waals surface area contributed by atoms with Crippen molar-refractivity contribution in [1.29, 1.82) is 0 Å². The van der Waals surface area contributed by atoms with Crippen LogP contribution in [-0.2, 0) is 0 Å². The molecule has 2 aromatic rings. The Kier molecular flexibility index (Phi) is 4.15. The van der Waals surface area contributed by atoms with Crippen molar-refractivity contribution in [3.05, 3.63) is 41.2 Å². The summed E-state index contributed by atoms with van der Waals surface area (Å²) >= 11 is 0. The molecule has 0 bridgehead atoms. The maximum atomic E-state index is 4.54. The van der Waals surface area contributed by atoms with Crippen molar-refractivity contribution in [3.63, 3.8) is 0 Å². The molecule has 0 spiro atoms. The van der Waals surface area contributed by atoms with E-state index in [-0.39, 0.29) is 0 Å². The van der Waals surface area contributed by atoms with Crippen molar-refractivity contribution >= 4 is 5.82 Å². The van der Waals surface area contributed by atoms with Gasteiger partial charge in [-0.25, -0.2) is 9.97 Å². The van der Waals surface area contributed by atoms with Crippen LogP contribution in [0, 0.1) is 20.8 Å². The van der Waals surface area contributed by atoms with Crippen molar-refractivity contribution < 1.29 is 0 Å². The molecule has 0 fully saturated rings. The lowest BCUT2D eigenvalue weighted by molar-refractivity contribution is 0.955. The quantitative estimate of drug-likeness (QED) is 0.900. The van der Waals surface area contributed by atoms with E-state index in [1.165, 1.54) is 11.1 Å². The monoisotopic (exact) mass is 255 g/mol. The predicted octanol–water partition coefficient (Wildman–Crippen LogP) is 3.89. The summed E-state index contributed by atoms with van der Waals surface area (Å²) in [6.45, 7) is 9.24. The first kappa shape index (κ1) is 13.5. The van der Waals surface area contributed by atoms with Gasteiger partial charge >= 0.3 is 0 Å². The average molecular weight is 255 g/mol. The molecule has 0 atom stereocenters.